The quantitative estimate of drug-likeness (QED) is 0.572. The number of nitrogens with zero attached hydrogens (tertiary/aromatic N) is 2. The molecule has 1 amide bonds. The topological polar surface area (TPSA) is 70.7 Å². The first kappa shape index (κ1) is 15.8. The van der Waals surface area contributed by atoms with Crippen LogP contribution >= 0.6 is 0 Å². The number of carbonyl (C=O) groups is 1. The minimum absolute atomic E-state index is 0.0298. The van der Waals surface area contributed by atoms with Gasteiger partial charge in [-0.05, 0) is 41.0 Å². The van der Waals surface area contributed by atoms with Crippen molar-refractivity contribution in [3.05, 3.63) is 78.8 Å². The Morgan fingerprint density at radius 3 is 2.70 bits per heavy atom. The molecule has 5 heteroatoms. The predicted molar refractivity (Wildman–Crippen MR) is 105 cm³/mol. The highest BCUT2D eigenvalue weighted by Crippen LogP contribution is 2.47. The lowest BCUT2D eigenvalue weighted by Gasteiger charge is -2.07. The molecule has 1 fully saturated rings. The number of hydrogen-bond acceptors (Lipinski definition) is 3. The van der Waals surface area contributed by atoms with Crippen molar-refractivity contribution in [3.63, 3.8) is 0 Å². The molecule has 4 aromatic rings. The Kier molecular flexibility index (Phi) is 3.71. The molecule has 2 aromatic heterocycles. The van der Waals surface area contributed by atoms with Gasteiger partial charge < -0.3 is 5.32 Å². The molecule has 2 heterocycles. The summed E-state index contributed by atoms with van der Waals surface area (Å²) in [5, 5.41) is 11.9. The molecule has 0 spiro atoms. The second-order valence-electron chi connectivity index (χ2n) is 6.97. The fourth-order valence-corrected chi connectivity index (χ4v) is 3.57. The van der Waals surface area contributed by atoms with E-state index in [0.29, 0.717) is 11.7 Å². The molecule has 0 bridgehead atoms. The van der Waals surface area contributed by atoms with Gasteiger partial charge in [-0.1, -0.05) is 42.5 Å². The molecular weight excluding hydrogens is 336 g/mol. The van der Waals surface area contributed by atoms with Crippen LogP contribution in [0.4, 0.5) is 5.82 Å². The molecule has 1 saturated carbocycles. The lowest BCUT2D eigenvalue weighted by molar-refractivity contribution is -0.117. The van der Waals surface area contributed by atoms with Crippen molar-refractivity contribution < 1.29 is 4.79 Å². The van der Waals surface area contributed by atoms with E-state index in [9.17, 15) is 4.79 Å². The van der Waals surface area contributed by atoms with Crippen LogP contribution in [0.1, 0.15) is 17.9 Å². The van der Waals surface area contributed by atoms with Gasteiger partial charge in [0.1, 0.15) is 5.82 Å². The standard InChI is InChI=1S/C22H18N4O/c27-22(20-10-19(20)14-4-2-1-3-5-14)26-21-9-17-8-15(18-12-24-25-13-18)6-7-16(17)11-23-21/h1-9,11-13,19-20H,10H2,(H,24,25)(H,23,26,27)/t19-,20+/m1/s1. The van der Waals surface area contributed by atoms with E-state index < -0.39 is 0 Å². The smallest absolute Gasteiger partial charge is 0.229 e. The van der Waals surface area contributed by atoms with Crippen LogP contribution < -0.4 is 5.32 Å². The first-order valence-corrected chi connectivity index (χ1v) is 9.03. The zero-order valence-electron chi connectivity index (χ0n) is 14.6. The van der Waals surface area contributed by atoms with Gasteiger partial charge in [-0.15, -0.1) is 0 Å². The van der Waals surface area contributed by atoms with Gasteiger partial charge in [0.2, 0.25) is 5.91 Å². The first-order valence-electron chi connectivity index (χ1n) is 9.03. The van der Waals surface area contributed by atoms with Gasteiger partial charge in [-0.2, -0.15) is 5.10 Å². The number of rotatable bonds is 4. The van der Waals surface area contributed by atoms with Crippen molar-refractivity contribution >= 4 is 22.5 Å². The number of fused-ring (bicyclic) bond motifs is 1. The van der Waals surface area contributed by atoms with Crippen LogP contribution in [0.25, 0.3) is 21.9 Å². The van der Waals surface area contributed by atoms with E-state index in [1.807, 2.05) is 42.6 Å². The maximum atomic E-state index is 12.6. The van der Waals surface area contributed by atoms with Crippen molar-refractivity contribution in [2.75, 3.05) is 5.32 Å². The highest BCUT2D eigenvalue weighted by Gasteiger charge is 2.43. The second kappa shape index (κ2) is 6.36. The summed E-state index contributed by atoms with van der Waals surface area (Å²) in [7, 11) is 0. The normalized spacial score (nSPS) is 18.4. The monoisotopic (exact) mass is 354 g/mol. The number of aromatic amines is 1. The van der Waals surface area contributed by atoms with Crippen LogP contribution in [-0.4, -0.2) is 21.1 Å². The van der Waals surface area contributed by atoms with Crippen molar-refractivity contribution in [2.45, 2.75) is 12.3 Å². The fraction of sp³-hybridized carbons (Fsp3) is 0.136. The molecule has 5 nitrogen and oxygen atoms in total. The van der Waals surface area contributed by atoms with Crippen LogP contribution in [0.2, 0.25) is 0 Å². The van der Waals surface area contributed by atoms with Crippen molar-refractivity contribution in [3.8, 4) is 11.1 Å². The minimum Gasteiger partial charge on any atom is -0.310 e. The average molecular weight is 354 g/mol. The summed E-state index contributed by atoms with van der Waals surface area (Å²) < 4.78 is 0. The summed E-state index contributed by atoms with van der Waals surface area (Å²) in [6.07, 6.45) is 6.35. The number of aromatic nitrogens is 3. The average Bonchev–Trinajstić information content (AvgIpc) is 3.33. The molecule has 132 valence electrons. The van der Waals surface area contributed by atoms with Crippen molar-refractivity contribution in [2.24, 2.45) is 5.92 Å². The van der Waals surface area contributed by atoms with Crippen molar-refractivity contribution in [1.29, 1.82) is 0 Å². The number of benzene rings is 2. The Labute approximate surface area is 156 Å². The maximum Gasteiger partial charge on any atom is 0.229 e. The molecule has 5 rings (SSSR count). The Morgan fingerprint density at radius 1 is 1.00 bits per heavy atom. The first-order chi connectivity index (χ1) is 13.3. The zero-order chi connectivity index (χ0) is 18.2. The van der Waals surface area contributed by atoms with E-state index in [0.717, 1.165) is 28.3 Å². The number of amides is 1. The van der Waals surface area contributed by atoms with Crippen LogP contribution in [0.5, 0.6) is 0 Å². The van der Waals surface area contributed by atoms with Crippen LogP contribution in [-0.2, 0) is 4.79 Å². The van der Waals surface area contributed by atoms with Gasteiger partial charge in [0, 0.05) is 29.3 Å². The van der Waals surface area contributed by atoms with E-state index in [4.69, 9.17) is 0 Å². The minimum atomic E-state index is 0.0298. The molecule has 1 aliphatic rings. The summed E-state index contributed by atoms with van der Waals surface area (Å²) in [4.78, 5) is 17.0. The molecular formula is C22H18N4O. The summed E-state index contributed by atoms with van der Waals surface area (Å²) >= 11 is 0. The number of pyridine rings is 1. The van der Waals surface area contributed by atoms with Gasteiger partial charge in [0.15, 0.2) is 0 Å². The molecule has 2 atom stereocenters. The summed E-state index contributed by atoms with van der Waals surface area (Å²) in [5.74, 6) is 0.985. The largest absolute Gasteiger partial charge is 0.310 e. The Bertz CT molecular complexity index is 1110. The molecule has 27 heavy (non-hydrogen) atoms. The van der Waals surface area contributed by atoms with Gasteiger partial charge in [-0.25, -0.2) is 4.98 Å². The van der Waals surface area contributed by atoms with E-state index in [2.05, 4.69) is 38.7 Å². The third-order valence-electron chi connectivity index (χ3n) is 5.16. The SMILES string of the molecule is O=C(Nc1cc2cc(-c3cn[nH]c3)ccc2cn1)[C@H]1C[C@@H]1c1ccccc1. The molecule has 2 N–H and O–H groups in total. The molecule has 1 aliphatic carbocycles. The zero-order valence-corrected chi connectivity index (χ0v) is 14.6. The summed E-state index contributed by atoms with van der Waals surface area (Å²) in [6.45, 7) is 0. The Hall–Kier alpha value is -3.47. The van der Waals surface area contributed by atoms with Crippen molar-refractivity contribution in [1.82, 2.24) is 15.2 Å². The maximum absolute atomic E-state index is 12.6. The molecule has 0 aliphatic heterocycles. The third kappa shape index (κ3) is 3.08. The van der Waals surface area contributed by atoms with Gasteiger partial charge in [0.05, 0.1) is 6.20 Å². The lowest BCUT2D eigenvalue weighted by atomic mass is 10.1. The second-order valence-corrected chi connectivity index (χ2v) is 6.97. The number of H-pyrrole nitrogens is 1. The van der Waals surface area contributed by atoms with Gasteiger partial charge >= 0.3 is 0 Å². The molecule has 0 unspecified atom stereocenters. The Balaban J connectivity index is 1.35. The van der Waals surface area contributed by atoms with Crippen LogP contribution in [0.15, 0.2) is 73.2 Å². The summed E-state index contributed by atoms with van der Waals surface area (Å²) in [6, 6.07) is 18.3. The number of carbonyl (C=O) groups excluding carboxylic acids is 1. The molecule has 2 aromatic carbocycles. The molecule has 0 radical (unpaired) electrons. The number of anilines is 1. The van der Waals surface area contributed by atoms with E-state index in [1.54, 1.807) is 12.4 Å². The predicted octanol–water partition coefficient (Wildman–Crippen LogP) is 4.37. The lowest BCUT2D eigenvalue weighted by Crippen LogP contribution is -2.15. The fourth-order valence-electron chi connectivity index (χ4n) is 3.57. The highest BCUT2D eigenvalue weighted by molar-refractivity contribution is 5.96. The van der Waals surface area contributed by atoms with Crippen LogP contribution in [0.3, 0.4) is 0 Å². The highest BCUT2D eigenvalue weighted by atomic mass is 16.2. The third-order valence-corrected chi connectivity index (χ3v) is 5.16. The van der Waals surface area contributed by atoms with E-state index in [1.165, 1.54) is 5.56 Å². The summed E-state index contributed by atoms with van der Waals surface area (Å²) in [5.41, 5.74) is 3.34. The Morgan fingerprint density at radius 2 is 1.89 bits per heavy atom. The number of hydrogen-bond donors (Lipinski definition) is 2. The van der Waals surface area contributed by atoms with Crippen LogP contribution in [0, 0.1) is 5.92 Å². The van der Waals surface area contributed by atoms with Gasteiger partial charge in [0.25, 0.3) is 0 Å². The van der Waals surface area contributed by atoms with E-state index >= 15 is 0 Å². The number of nitrogens with one attached hydrogen (secondary N) is 2. The van der Waals surface area contributed by atoms with E-state index in [-0.39, 0.29) is 11.8 Å². The van der Waals surface area contributed by atoms with Gasteiger partial charge in [-0.3, -0.25) is 9.89 Å². The molecule has 0 saturated heterocycles.